The highest BCUT2D eigenvalue weighted by atomic mass is 35.5. The third-order valence-corrected chi connectivity index (χ3v) is 3.30. The second-order valence-electron chi connectivity index (χ2n) is 4.30. The number of likely N-dealkylation sites (N-methyl/N-ethyl adjacent to an activating group) is 1. The van der Waals surface area contributed by atoms with Gasteiger partial charge < -0.3 is 5.32 Å². The molecule has 1 N–H and O–H groups in total. The molecule has 0 heterocycles. The van der Waals surface area contributed by atoms with Gasteiger partial charge in [-0.1, -0.05) is 29.8 Å². The van der Waals surface area contributed by atoms with Crippen LogP contribution in [0.4, 0.5) is 8.78 Å². The summed E-state index contributed by atoms with van der Waals surface area (Å²) in [5.41, 5.74) is 0.986. The van der Waals surface area contributed by atoms with Gasteiger partial charge in [-0.25, -0.2) is 8.78 Å². The van der Waals surface area contributed by atoms with Gasteiger partial charge in [0, 0.05) is 16.6 Å². The van der Waals surface area contributed by atoms with Crippen LogP contribution in [0.25, 0.3) is 0 Å². The maximum Gasteiger partial charge on any atom is 0.127 e. The molecule has 1 atom stereocenters. The molecule has 0 aliphatic carbocycles. The minimum Gasteiger partial charge on any atom is -0.313 e. The zero-order valence-electron chi connectivity index (χ0n) is 10.5. The highest BCUT2D eigenvalue weighted by Gasteiger charge is 2.16. The van der Waals surface area contributed by atoms with E-state index in [1.165, 1.54) is 18.2 Å². The van der Waals surface area contributed by atoms with Crippen LogP contribution in [0, 0.1) is 11.6 Å². The number of benzene rings is 2. The van der Waals surface area contributed by atoms with E-state index in [0.29, 0.717) is 22.6 Å². The number of halogens is 3. The summed E-state index contributed by atoms with van der Waals surface area (Å²) in [4.78, 5) is 0. The number of rotatable bonds is 4. The Labute approximate surface area is 116 Å². The van der Waals surface area contributed by atoms with E-state index in [4.69, 9.17) is 11.6 Å². The van der Waals surface area contributed by atoms with E-state index in [0.717, 1.165) is 0 Å². The molecule has 2 aromatic rings. The van der Waals surface area contributed by atoms with Gasteiger partial charge in [0.25, 0.3) is 0 Å². The Morgan fingerprint density at radius 3 is 2.53 bits per heavy atom. The van der Waals surface area contributed by atoms with Crippen molar-refractivity contribution >= 4 is 11.6 Å². The Hall–Kier alpha value is -1.45. The maximum absolute atomic E-state index is 13.7. The molecular formula is C15H14ClF2N. The van der Waals surface area contributed by atoms with Crippen molar-refractivity contribution in [2.24, 2.45) is 0 Å². The second-order valence-corrected chi connectivity index (χ2v) is 4.74. The Balaban J connectivity index is 2.29. The molecule has 0 aromatic heterocycles. The summed E-state index contributed by atoms with van der Waals surface area (Å²) in [5, 5.41) is 3.48. The lowest BCUT2D eigenvalue weighted by Crippen LogP contribution is -2.20. The van der Waals surface area contributed by atoms with E-state index in [2.05, 4.69) is 5.32 Å². The molecular weight excluding hydrogens is 268 g/mol. The summed E-state index contributed by atoms with van der Waals surface area (Å²) < 4.78 is 27.5. The molecule has 0 spiro atoms. The van der Waals surface area contributed by atoms with Crippen molar-refractivity contribution in [3.05, 3.63) is 70.2 Å². The van der Waals surface area contributed by atoms with E-state index >= 15 is 0 Å². The summed E-state index contributed by atoms with van der Waals surface area (Å²) in [6.07, 6.45) is 0.337. The molecule has 0 aliphatic rings. The number of nitrogens with one attached hydrogen (secondary N) is 1. The van der Waals surface area contributed by atoms with Crippen LogP contribution in [-0.4, -0.2) is 7.05 Å². The second kappa shape index (κ2) is 6.13. The Morgan fingerprint density at radius 2 is 1.84 bits per heavy atom. The highest BCUT2D eigenvalue weighted by molar-refractivity contribution is 6.30. The van der Waals surface area contributed by atoms with Crippen molar-refractivity contribution in [1.82, 2.24) is 5.32 Å². The molecule has 2 aromatic carbocycles. The molecule has 1 unspecified atom stereocenters. The normalized spacial score (nSPS) is 12.4. The minimum absolute atomic E-state index is 0.297. The smallest absolute Gasteiger partial charge is 0.127 e. The van der Waals surface area contributed by atoms with Crippen LogP contribution in [0.1, 0.15) is 17.2 Å². The third kappa shape index (κ3) is 3.31. The quantitative estimate of drug-likeness (QED) is 0.889. The van der Waals surface area contributed by atoms with Crippen LogP contribution in [0.3, 0.4) is 0 Å². The predicted molar refractivity (Wildman–Crippen MR) is 73.3 cm³/mol. The lowest BCUT2D eigenvalue weighted by molar-refractivity contribution is 0.520. The van der Waals surface area contributed by atoms with E-state index in [1.807, 2.05) is 0 Å². The van der Waals surface area contributed by atoms with E-state index < -0.39 is 0 Å². The molecule has 19 heavy (non-hydrogen) atoms. The first-order chi connectivity index (χ1) is 9.11. The molecule has 0 bridgehead atoms. The van der Waals surface area contributed by atoms with Gasteiger partial charge in [0.1, 0.15) is 11.6 Å². The van der Waals surface area contributed by atoms with Gasteiger partial charge in [-0.2, -0.15) is 0 Å². The summed E-state index contributed by atoms with van der Waals surface area (Å²) in [6, 6.07) is 10.6. The van der Waals surface area contributed by atoms with Crippen molar-refractivity contribution < 1.29 is 8.78 Å². The average Bonchev–Trinajstić information content (AvgIpc) is 2.41. The van der Waals surface area contributed by atoms with Crippen LogP contribution < -0.4 is 5.32 Å². The maximum atomic E-state index is 13.7. The summed E-state index contributed by atoms with van der Waals surface area (Å²) in [5.74, 6) is -0.634. The summed E-state index contributed by atoms with van der Waals surface area (Å²) in [7, 11) is 1.72. The molecule has 0 fully saturated rings. The standard InChI is InChI=1S/C15H14ClF2N/c1-19-15(12-4-2-3-5-14(12)18)9-10-8-11(16)6-7-13(10)17/h2-8,15,19H,9H2,1H3. The minimum atomic E-state index is -0.332. The van der Waals surface area contributed by atoms with Gasteiger partial charge in [0.2, 0.25) is 0 Å². The van der Waals surface area contributed by atoms with Crippen LogP contribution in [0.2, 0.25) is 5.02 Å². The molecule has 100 valence electrons. The topological polar surface area (TPSA) is 12.0 Å². The molecule has 0 saturated carbocycles. The first-order valence-corrected chi connectivity index (χ1v) is 6.35. The molecule has 4 heteroatoms. The molecule has 0 aliphatic heterocycles. The third-order valence-electron chi connectivity index (χ3n) is 3.06. The number of hydrogen-bond donors (Lipinski definition) is 1. The summed E-state index contributed by atoms with van der Waals surface area (Å²) >= 11 is 5.86. The van der Waals surface area contributed by atoms with Crippen molar-refractivity contribution in [1.29, 1.82) is 0 Å². The largest absolute Gasteiger partial charge is 0.313 e. The average molecular weight is 282 g/mol. The van der Waals surface area contributed by atoms with Crippen molar-refractivity contribution in [2.75, 3.05) is 7.05 Å². The molecule has 1 nitrogen and oxygen atoms in total. The summed E-state index contributed by atoms with van der Waals surface area (Å²) in [6.45, 7) is 0. The van der Waals surface area contributed by atoms with Crippen LogP contribution in [0.15, 0.2) is 42.5 Å². The lowest BCUT2D eigenvalue weighted by atomic mass is 9.98. The molecule has 0 radical (unpaired) electrons. The van der Waals surface area contributed by atoms with Crippen molar-refractivity contribution in [3.63, 3.8) is 0 Å². The first kappa shape index (κ1) is 14.0. The Kier molecular flexibility index (Phi) is 4.51. The Morgan fingerprint density at radius 1 is 1.11 bits per heavy atom. The van der Waals surface area contributed by atoms with E-state index in [1.54, 1.807) is 31.3 Å². The fourth-order valence-corrected chi connectivity index (χ4v) is 2.24. The van der Waals surface area contributed by atoms with Crippen molar-refractivity contribution in [3.8, 4) is 0 Å². The zero-order valence-corrected chi connectivity index (χ0v) is 11.2. The highest BCUT2D eigenvalue weighted by Crippen LogP contribution is 2.24. The van der Waals surface area contributed by atoms with Gasteiger partial charge in [-0.3, -0.25) is 0 Å². The van der Waals surface area contributed by atoms with Crippen LogP contribution >= 0.6 is 11.6 Å². The fraction of sp³-hybridized carbons (Fsp3) is 0.200. The van der Waals surface area contributed by atoms with Gasteiger partial charge in [0.15, 0.2) is 0 Å². The number of hydrogen-bond acceptors (Lipinski definition) is 1. The van der Waals surface area contributed by atoms with Gasteiger partial charge >= 0.3 is 0 Å². The van der Waals surface area contributed by atoms with Crippen molar-refractivity contribution in [2.45, 2.75) is 12.5 Å². The monoisotopic (exact) mass is 281 g/mol. The van der Waals surface area contributed by atoms with E-state index in [-0.39, 0.29) is 17.7 Å². The van der Waals surface area contributed by atoms with Gasteiger partial charge in [-0.15, -0.1) is 0 Å². The van der Waals surface area contributed by atoms with Crippen LogP contribution in [-0.2, 0) is 6.42 Å². The zero-order chi connectivity index (χ0) is 13.8. The molecule has 2 rings (SSSR count). The first-order valence-electron chi connectivity index (χ1n) is 5.97. The SMILES string of the molecule is CNC(Cc1cc(Cl)ccc1F)c1ccccc1F. The van der Waals surface area contributed by atoms with E-state index in [9.17, 15) is 8.78 Å². The van der Waals surface area contributed by atoms with Crippen LogP contribution in [0.5, 0.6) is 0 Å². The predicted octanol–water partition coefficient (Wildman–Crippen LogP) is 4.12. The van der Waals surface area contributed by atoms with Gasteiger partial charge in [-0.05, 0) is 43.3 Å². The molecule has 0 amide bonds. The lowest BCUT2D eigenvalue weighted by Gasteiger charge is -2.18. The molecule has 0 saturated heterocycles. The fourth-order valence-electron chi connectivity index (χ4n) is 2.04. The Bertz CT molecular complexity index is 572. The van der Waals surface area contributed by atoms with Gasteiger partial charge in [0.05, 0.1) is 0 Å².